The van der Waals surface area contributed by atoms with Crippen molar-refractivity contribution in [3.63, 3.8) is 0 Å². The summed E-state index contributed by atoms with van der Waals surface area (Å²) in [6.45, 7) is 7.66. The van der Waals surface area contributed by atoms with Crippen molar-refractivity contribution in [2.45, 2.75) is 46.3 Å². The predicted molar refractivity (Wildman–Crippen MR) is 69.3 cm³/mol. The molecular formula is C11H19Cl2N3. The van der Waals surface area contributed by atoms with Gasteiger partial charge in [-0.2, -0.15) is 5.10 Å². The molecule has 0 aromatic carbocycles. The second-order valence-corrected chi connectivity index (χ2v) is 4.49. The van der Waals surface area contributed by atoms with E-state index in [2.05, 4.69) is 24.3 Å². The minimum absolute atomic E-state index is 0.332. The van der Waals surface area contributed by atoms with Gasteiger partial charge in [0.15, 0.2) is 0 Å². The van der Waals surface area contributed by atoms with Gasteiger partial charge in [-0.1, -0.05) is 18.5 Å². The van der Waals surface area contributed by atoms with Crippen molar-refractivity contribution in [1.29, 1.82) is 0 Å². The van der Waals surface area contributed by atoms with E-state index in [4.69, 9.17) is 23.2 Å². The summed E-state index contributed by atoms with van der Waals surface area (Å²) in [7, 11) is 0. The van der Waals surface area contributed by atoms with E-state index in [9.17, 15) is 0 Å². The van der Waals surface area contributed by atoms with Crippen molar-refractivity contribution in [3.8, 4) is 0 Å². The van der Waals surface area contributed by atoms with Crippen LogP contribution in [0.5, 0.6) is 0 Å². The summed E-state index contributed by atoms with van der Waals surface area (Å²) < 4.78 is 1.94. The van der Waals surface area contributed by atoms with Gasteiger partial charge in [-0.05, 0) is 20.3 Å². The number of nitrogens with one attached hydrogen (secondary N) is 1. The fourth-order valence-corrected chi connectivity index (χ4v) is 2.12. The molecule has 0 fully saturated rings. The molecule has 0 saturated heterocycles. The van der Waals surface area contributed by atoms with Gasteiger partial charge in [0.1, 0.15) is 0 Å². The fraction of sp³-hybridized carbons (Fsp3) is 0.727. The second kappa shape index (κ2) is 6.48. The number of hydrogen-bond acceptors (Lipinski definition) is 2. The van der Waals surface area contributed by atoms with Crippen LogP contribution < -0.4 is 5.32 Å². The number of hydrogen-bond donors (Lipinski definition) is 1. The second-order valence-electron chi connectivity index (χ2n) is 3.80. The van der Waals surface area contributed by atoms with Crippen molar-refractivity contribution in [2.24, 2.45) is 0 Å². The molecule has 3 nitrogen and oxygen atoms in total. The monoisotopic (exact) mass is 263 g/mol. The summed E-state index contributed by atoms with van der Waals surface area (Å²) in [4.78, 5) is 0. The molecule has 0 radical (unpaired) electrons. The Morgan fingerprint density at radius 3 is 2.62 bits per heavy atom. The standard InChI is InChI=1S/C11H19Cl2N3/c1-4-9(6-12)14-7-10-11(13)8(3)15-16(10)5-2/h9,14H,4-7H2,1-3H3. The Morgan fingerprint density at radius 1 is 1.44 bits per heavy atom. The highest BCUT2D eigenvalue weighted by Gasteiger charge is 2.13. The smallest absolute Gasteiger partial charge is 0.0860 e. The van der Waals surface area contributed by atoms with Crippen molar-refractivity contribution in [2.75, 3.05) is 5.88 Å². The van der Waals surface area contributed by atoms with Crippen LogP contribution in [0.15, 0.2) is 0 Å². The van der Waals surface area contributed by atoms with E-state index in [0.717, 1.165) is 35.9 Å². The first-order valence-corrected chi connectivity index (χ1v) is 6.56. The summed E-state index contributed by atoms with van der Waals surface area (Å²) in [5, 5.41) is 8.52. The summed E-state index contributed by atoms with van der Waals surface area (Å²) in [5.41, 5.74) is 1.93. The Kier molecular flexibility index (Phi) is 5.59. The highest BCUT2D eigenvalue weighted by Crippen LogP contribution is 2.20. The Morgan fingerprint density at radius 2 is 2.12 bits per heavy atom. The zero-order valence-electron chi connectivity index (χ0n) is 10.1. The molecule has 1 rings (SSSR count). The molecule has 0 bridgehead atoms. The zero-order valence-corrected chi connectivity index (χ0v) is 11.6. The lowest BCUT2D eigenvalue weighted by Gasteiger charge is -2.14. The first-order valence-electron chi connectivity index (χ1n) is 5.65. The van der Waals surface area contributed by atoms with Crippen LogP contribution in [0.25, 0.3) is 0 Å². The van der Waals surface area contributed by atoms with Gasteiger partial charge in [-0.15, -0.1) is 11.6 Å². The van der Waals surface area contributed by atoms with Gasteiger partial charge in [0.05, 0.1) is 16.4 Å². The quantitative estimate of drug-likeness (QED) is 0.800. The molecule has 0 aliphatic carbocycles. The number of nitrogens with zero attached hydrogens (tertiary/aromatic N) is 2. The number of halogens is 2. The van der Waals surface area contributed by atoms with E-state index in [1.54, 1.807) is 0 Å². The molecular weight excluding hydrogens is 245 g/mol. The Bertz CT molecular complexity index is 332. The largest absolute Gasteiger partial charge is 0.307 e. The molecule has 1 aromatic rings. The average Bonchev–Trinajstić information content (AvgIpc) is 2.57. The summed E-state index contributed by atoms with van der Waals surface area (Å²) in [6, 6.07) is 0.332. The average molecular weight is 264 g/mol. The van der Waals surface area contributed by atoms with E-state index in [1.807, 2.05) is 11.6 Å². The Hall–Kier alpha value is -0.250. The third-order valence-electron chi connectivity index (χ3n) is 2.69. The van der Waals surface area contributed by atoms with Gasteiger partial charge < -0.3 is 5.32 Å². The van der Waals surface area contributed by atoms with Crippen LogP contribution in [0.3, 0.4) is 0 Å². The lowest BCUT2D eigenvalue weighted by molar-refractivity contribution is 0.509. The van der Waals surface area contributed by atoms with Gasteiger partial charge in [-0.25, -0.2) is 0 Å². The summed E-state index contributed by atoms with van der Waals surface area (Å²) >= 11 is 12.0. The topological polar surface area (TPSA) is 29.9 Å². The molecule has 1 atom stereocenters. The SMILES string of the molecule is CCC(CCl)NCc1c(Cl)c(C)nn1CC. The third kappa shape index (κ3) is 3.12. The van der Waals surface area contributed by atoms with Crippen LogP contribution in [-0.2, 0) is 13.1 Å². The van der Waals surface area contributed by atoms with Crippen LogP contribution in [-0.4, -0.2) is 21.7 Å². The molecule has 1 heterocycles. The Labute approximate surface area is 107 Å². The van der Waals surface area contributed by atoms with Crippen molar-refractivity contribution < 1.29 is 0 Å². The van der Waals surface area contributed by atoms with Crippen LogP contribution >= 0.6 is 23.2 Å². The van der Waals surface area contributed by atoms with Gasteiger partial charge in [-0.3, -0.25) is 4.68 Å². The van der Waals surface area contributed by atoms with Crippen molar-refractivity contribution >= 4 is 23.2 Å². The molecule has 92 valence electrons. The van der Waals surface area contributed by atoms with Crippen molar-refractivity contribution in [1.82, 2.24) is 15.1 Å². The maximum absolute atomic E-state index is 6.21. The van der Waals surface area contributed by atoms with E-state index in [1.165, 1.54) is 0 Å². The molecule has 1 unspecified atom stereocenters. The lowest BCUT2D eigenvalue weighted by Crippen LogP contribution is -2.30. The first kappa shape index (κ1) is 13.8. The highest BCUT2D eigenvalue weighted by molar-refractivity contribution is 6.31. The molecule has 0 saturated carbocycles. The zero-order chi connectivity index (χ0) is 12.1. The fourth-order valence-electron chi connectivity index (χ4n) is 1.59. The van der Waals surface area contributed by atoms with E-state index >= 15 is 0 Å². The van der Waals surface area contributed by atoms with Crippen LogP contribution in [0, 0.1) is 6.92 Å². The highest BCUT2D eigenvalue weighted by atomic mass is 35.5. The predicted octanol–water partition coefficient (Wildman–Crippen LogP) is 2.97. The first-order chi connectivity index (χ1) is 7.63. The molecule has 16 heavy (non-hydrogen) atoms. The third-order valence-corrected chi connectivity index (χ3v) is 3.55. The van der Waals surface area contributed by atoms with E-state index in [0.29, 0.717) is 11.9 Å². The van der Waals surface area contributed by atoms with Crippen molar-refractivity contribution in [3.05, 3.63) is 16.4 Å². The lowest BCUT2D eigenvalue weighted by atomic mass is 10.2. The molecule has 0 aliphatic heterocycles. The van der Waals surface area contributed by atoms with E-state index < -0.39 is 0 Å². The minimum Gasteiger partial charge on any atom is -0.307 e. The number of aryl methyl sites for hydroxylation is 2. The van der Waals surface area contributed by atoms with Gasteiger partial charge in [0.2, 0.25) is 0 Å². The maximum atomic E-state index is 6.21. The molecule has 0 amide bonds. The summed E-state index contributed by atoms with van der Waals surface area (Å²) in [6.07, 6.45) is 1.01. The number of aromatic nitrogens is 2. The van der Waals surface area contributed by atoms with E-state index in [-0.39, 0.29) is 0 Å². The van der Waals surface area contributed by atoms with Gasteiger partial charge in [0, 0.05) is 25.0 Å². The molecule has 5 heteroatoms. The number of rotatable bonds is 6. The molecule has 1 aromatic heterocycles. The maximum Gasteiger partial charge on any atom is 0.0860 e. The van der Waals surface area contributed by atoms with Crippen LogP contribution in [0.2, 0.25) is 5.02 Å². The van der Waals surface area contributed by atoms with Gasteiger partial charge in [0.25, 0.3) is 0 Å². The van der Waals surface area contributed by atoms with Crippen LogP contribution in [0.4, 0.5) is 0 Å². The number of alkyl halides is 1. The van der Waals surface area contributed by atoms with Crippen LogP contribution in [0.1, 0.15) is 31.7 Å². The summed E-state index contributed by atoms with van der Waals surface area (Å²) in [5.74, 6) is 0.618. The minimum atomic E-state index is 0.332. The molecule has 0 spiro atoms. The Balaban J connectivity index is 2.72. The molecule has 0 aliphatic rings. The molecule has 1 N–H and O–H groups in total. The normalized spacial score (nSPS) is 13.1. The van der Waals surface area contributed by atoms with Gasteiger partial charge >= 0.3 is 0 Å².